The van der Waals surface area contributed by atoms with Gasteiger partial charge in [-0.1, -0.05) is 30.3 Å². The van der Waals surface area contributed by atoms with E-state index in [0.717, 1.165) is 16.6 Å². The van der Waals surface area contributed by atoms with Crippen LogP contribution in [0.3, 0.4) is 0 Å². The van der Waals surface area contributed by atoms with Crippen molar-refractivity contribution in [2.24, 2.45) is 0 Å². The Morgan fingerprint density at radius 2 is 1.77 bits per heavy atom. The third-order valence-electron chi connectivity index (χ3n) is 3.41. The summed E-state index contributed by atoms with van der Waals surface area (Å²) in [5.74, 6) is 0. The highest BCUT2D eigenvalue weighted by atomic mass is 16.2. The number of hydrogen-bond donors (Lipinski definition) is 4. The van der Waals surface area contributed by atoms with Gasteiger partial charge in [0.25, 0.3) is 0 Å². The molecule has 4 N–H and O–H groups in total. The fourth-order valence-corrected chi connectivity index (χ4v) is 2.27. The zero-order valence-corrected chi connectivity index (χ0v) is 12.1. The number of imidazole rings is 1. The Morgan fingerprint density at radius 3 is 2.50 bits per heavy atom. The Morgan fingerprint density at radius 1 is 1.09 bits per heavy atom. The van der Waals surface area contributed by atoms with Crippen LogP contribution in [0.2, 0.25) is 0 Å². The van der Waals surface area contributed by atoms with Crippen LogP contribution in [0.1, 0.15) is 11.1 Å². The molecule has 0 aliphatic heterocycles. The molecule has 0 aliphatic rings. The summed E-state index contributed by atoms with van der Waals surface area (Å²) in [6.45, 7) is 2.33. The molecule has 0 unspecified atom stereocenters. The molecule has 0 saturated carbocycles. The summed E-state index contributed by atoms with van der Waals surface area (Å²) in [5, 5.41) is 5.59. The number of fused-ring (bicyclic) bond motifs is 1. The normalized spacial score (nSPS) is 10.6. The number of urea groups is 1. The number of aromatic nitrogens is 2. The maximum absolute atomic E-state index is 12.0. The number of aryl methyl sites for hydroxylation is 1. The predicted octanol–water partition coefficient (Wildman–Crippen LogP) is 2.49. The van der Waals surface area contributed by atoms with Gasteiger partial charge in [0.05, 0.1) is 11.0 Å². The van der Waals surface area contributed by atoms with E-state index in [1.54, 1.807) is 6.07 Å². The lowest BCUT2D eigenvalue weighted by Crippen LogP contribution is -2.28. The first kappa shape index (κ1) is 13.9. The molecule has 0 spiro atoms. The summed E-state index contributed by atoms with van der Waals surface area (Å²) in [4.78, 5) is 28.6. The minimum absolute atomic E-state index is 0.264. The zero-order chi connectivity index (χ0) is 15.5. The first-order chi connectivity index (χ1) is 10.6. The number of H-pyrrole nitrogens is 2. The highest BCUT2D eigenvalue weighted by Crippen LogP contribution is 2.20. The largest absolute Gasteiger partial charge is 0.334 e. The van der Waals surface area contributed by atoms with E-state index in [-0.39, 0.29) is 11.7 Å². The van der Waals surface area contributed by atoms with Gasteiger partial charge in [-0.15, -0.1) is 0 Å². The van der Waals surface area contributed by atoms with E-state index in [2.05, 4.69) is 20.6 Å². The molecule has 6 heteroatoms. The number of rotatable bonds is 3. The molecule has 2 amide bonds. The van der Waals surface area contributed by atoms with Crippen LogP contribution in [0.4, 0.5) is 10.5 Å². The molecule has 0 fully saturated rings. The third kappa shape index (κ3) is 3.01. The van der Waals surface area contributed by atoms with Gasteiger partial charge in [0, 0.05) is 12.2 Å². The summed E-state index contributed by atoms with van der Waals surface area (Å²) in [6.07, 6.45) is 0. The number of anilines is 1. The van der Waals surface area contributed by atoms with Crippen LogP contribution in [0.15, 0.2) is 47.3 Å². The van der Waals surface area contributed by atoms with Gasteiger partial charge >= 0.3 is 11.7 Å². The van der Waals surface area contributed by atoms with Gasteiger partial charge in [-0.3, -0.25) is 0 Å². The lowest BCUT2D eigenvalue weighted by molar-refractivity contribution is 0.251. The van der Waals surface area contributed by atoms with E-state index in [9.17, 15) is 9.59 Å². The average molecular weight is 296 g/mol. The van der Waals surface area contributed by atoms with E-state index >= 15 is 0 Å². The fourth-order valence-electron chi connectivity index (χ4n) is 2.27. The van der Waals surface area contributed by atoms with Crippen LogP contribution in [0, 0.1) is 6.92 Å². The van der Waals surface area contributed by atoms with Crippen LogP contribution in [0.25, 0.3) is 11.0 Å². The van der Waals surface area contributed by atoms with Crippen LogP contribution in [-0.2, 0) is 6.54 Å². The Kier molecular flexibility index (Phi) is 3.65. The van der Waals surface area contributed by atoms with Gasteiger partial charge in [-0.25, -0.2) is 9.59 Å². The van der Waals surface area contributed by atoms with Crippen molar-refractivity contribution in [1.29, 1.82) is 0 Å². The maximum Gasteiger partial charge on any atom is 0.323 e. The molecule has 2 aromatic carbocycles. The Labute approximate surface area is 126 Å². The number of carbonyl (C=O) groups excluding carboxylic acids is 1. The van der Waals surface area contributed by atoms with Gasteiger partial charge < -0.3 is 20.6 Å². The topological polar surface area (TPSA) is 89.8 Å². The molecule has 3 aromatic rings. The zero-order valence-electron chi connectivity index (χ0n) is 12.1. The summed E-state index contributed by atoms with van der Waals surface area (Å²) < 4.78 is 0. The van der Waals surface area contributed by atoms with Crippen molar-refractivity contribution in [1.82, 2.24) is 15.3 Å². The molecular weight excluding hydrogens is 280 g/mol. The van der Waals surface area contributed by atoms with Gasteiger partial charge in [-0.05, 0) is 30.2 Å². The van der Waals surface area contributed by atoms with Crippen molar-refractivity contribution >= 4 is 22.8 Å². The lowest BCUT2D eigenvalue weighted by Gasteiger charge is -2.10. The fraction of sp³-hybridized carbons (Fsp3) is 0.125. The summed E-state index contributed by atoms with van der Waals surface area (Å²) in [7, 11) is 0. The second-order valence-electron chi connectivity index (χ2n) is 5.09. The first-order valence-corrected chi connectivity index (χ1v) is 6.93. The number of aromatic amines is 2. The van der Waals surface area contributed by atoms with E-state index < -0.39 is 0 Å². The molecular formula is C16H16N4O2. The molecule has 0 aliphatic carbocycles. The monoisotopic (exact) mass is 296 g/mol. The van der Waals surface area contributed by atoms with Gasteiger partial charge in [-0.2, -0.15) is 0 Å². The number of amides is 2. The molecule has 1 heterocycles. The number of carbonyl (C=O) groups is 1. The molecule has 6 nitrogen and oxygen atoms in total. The summed E-state index contributed by atoms with van der Waals surface area (Å²) >= 11 is 0. The summed E-state index contributed by atoms with van der Waals surface area (Å²) in [6, 6.07) is 12.9. The Balaban J connectivity index is 1.71. The average Bonchev–Trinajstić information content (AvgIpc) is 2.85. The number of benzene rings is 2. The minimum Gasteiger partial charge on any atom is -0.334 e. The van der Waals surface area contributed by atoms with Gasteiger partial charge in [0.15, 0.2) is 0 Å². The van der Waals surface area contributed by atoms with E-state index in [4.69, 9.17) is 0 Å². The van der Waals surface area contributed by atoms with Gasteiger partial charge in [0.2, 0.25) is 0 Å². The molecule has 3 rings (SSSR count). The maximum atomic E-state index is 12.0. The smallest absolute Gasteiger partial charge is 0.323 e. The van der Waals surface area contributed by atoms with Gasteiger partial charge in [0.1, 0.15) is 0 Å². The van der Waals surface area contributed by atoms with E-state index in [0.29, 0.717) is 17.7 Å². The third-order valence-corrected chi connectivity index (χ3v) is 3.41. The van der Waals surface area contributed by atoms with Crippen LogP contribution < -0.4 is 16.3 Å². The number of hydrogen-bond acceptors (Lipinski definition) is 2. The van der Waals surface area contributed by atoms with E-state index in [1.165, 1.54) is 0 Å². The predicted molar refractivity (Wildman–Crippen MR) is 86.0 cm³/mol. The van der Waals surface area contributed by atoms with Crippen molar-refractivity contribution in [2.45, 2.75) is 13.5 Å². The summed E-state index contributed by atoms with van der Waals surface area (Å²) in [5.41, 5.74) is 3.68. The molecule has 0 radical (unpaired) electrons. The standard InChI is InChI=1S/C16H16N4O2/c1-10-7-13-14(20-16(22)19-13)8-12(10)18-15(21)17-9-11-5-3-2-4-6-11/h2-8H,9H2,1H3,(H2,17,18,21)(H2,19,20,22). The van der Waals surface area contributed by atoms with Crippen LogP contribution in [0.5, 0.6) is 0 Å². The van der Waals surface area contributed by atoms with Crippen LogP contribution in [-0.4, -0.2) is 16.0 Å². The molecule has 22 heavy (non-hydrogen) atoms. The minimum atomic E-state index is -0.288. The Hall–Kier alpha value is -3.02. The van der Waals surface area contributed by atoms with Crippen molar-refractivity contribution in [3.8, 4) is 0 Å². The second-order valence-corrected chi connectivity index (χ2v) is 5.09. The molecule has 112 valence electrons. The molecule has 0 atom stereocenters. The van der Waals surface area contributed by atoms with Crippen molar-refractivity contribution < 1.29 is 4.79 Å². The van der Waals surface area contributed by atoms with Crippen molar-refractivity contribution in [3.05, 3.63) is 64.1 Å². The van der Waals surface area contributed by atoms with E-state index in [1.807, 2.05) is 43.3 Å². The second kappa shape index (κ2) is 5.77. The molecule has 1 aromatic heterocycles. The lowest BCUT2D eigenvalue weighted by atomic mass is 10.2. The molecule has 0 saturated heterocycles. The Bertz CT molecular complexity index is 865. The van der Waals surface area contributed by atoms with Crippen molar-refractivity contribution in [3.63, 3.8) is 0 Å². The molecule has 0 bridgehead atoms. The van der Waals surface area contributed by atoms with Crippen molar-refractivity contribution in [2.75, 3.05) is 5.32 Å². The quantitative estimate of drug-likeness (QED) is 0.598. The van der Waals surface area contributed by atoms with Crippen LogP contribution >= 0.6 is 0 Å². The first-order valence-electron chi connectivity index (χ1n) is 6.93. The highest BCUT2D eigenvalue weighted by Gasteiger charge is 2.07. The number of nitrogens with one attached hydrogen (secondary N) is 4. The SMILES string of the molecule is Cc1cc2[nH]c(=O)[nH]c2cc1NC(=O)NCc1ccccc1. The highest BCUT2D eigenvalue weighted by molar-refractivity contribution is 5.93.